The van der Waals surface area contributed by atoms with Gasteiger partial charge in [0.2, 0.25) is 0 Å². The van der Waals surface area contributed by atoms with Crippen molar-refractivity contribution >= 4 is 0 Å². The van der Waals surface area contributed by atoms with Gasteiger partial charge >= 0.3 is 0 Å². The Morgan fingerprint density at radius 1 is 1.32 bits per heavy atom. The van der Waals surface area contributed by atoms with Crippen LogP contribution in [0.1, 0.15) is 23.7 Å². The Morgan fingerprint density at radius 3 is 2.68 bits per heavy atom. The summed E-state index contributed by atoms with van der Waals surface area (Å²) < 4.78 is 19.0. The van der Waals surface area contributed by atoms with Crippen LogP contribution in [0.5, 0.6) is 5.75 Å². The largest absolute Gasteiger partial charge is 0.495 e. The zero-order valence-electron chi connectivity index (χ0n) is 11.3. The molecule has 100 valence electrons. The van der Waals surface area contributed by atoms with Crippen molar-refractivity contribution in [1.29, 1.82) is 0 Å². The van der Waals surface area contributed by atoms with Gasteiger partial charge in [0.15, 0.2) is 0 Å². The van der Waals surface area contributed by atoms with Gasteiger partial charge in [-0.3, -0.25) is 4.98 Å². The average Bonchev–Trinajstić information content (AvgIpc) is 2.41. The van der Waals surface area contributed by atoms with E-state index in [1.165, 1.54) is 6.07 Å². The van der Waals surface area contributed by atoms with Crippen LogP contribution in [0.15, 0.2) is 36.5 Å². The number of pyridine rings is 1. The van der Waals surface area contributed by atoms with E-state index >= 15 is 0 Å². The van der Waals surface area contributed by atoms with Crippen molar-refractivity contribution in [2.45, 2.75) is 19.4 Å². The second kappa shape index (κ2) is 4.97. The fraction of sp³-hybridized carbons (Fsp3) is 0.267. The molecule has 0 spiro atoms. The molecule has 0 saturated carbocycles. The molecule has 1 unspecified atom stereocenters. The van der Waals surface area contributed by atoms with Crippen LogP contribution in [-0.4, -0.2) is 12.1 Å². The molecule has 0 aliphatic carbocycles. The zero-order valence-corrected chi connectivity index (χ0v) is 11.3. The SMILES string of the molecule is COc1cccnc1C(C)(N)c1ccc(C)c(F)c1. The second-order valence-corrected chi connectivity index (χ2v) is 4.72. The monoisotopic (exact) mass is 260 g/mol. The molecule has 0 bridgehead atoms. The maximum absolute atomic E-state index is 13.7. The van der Waals surface area contributed by atoms with E-state index in [9.17, 15) is 4.39 Å². The molecule has 0 saturated heterocycles. The number of hydrogen-bond donors (Lipinski definition) is 1. The third-order valence-corrected chi connectivity index (χ3v) is 3.25. The van der Waals surface area contributed by atoms with Gasteiger partial charge in [-0.15, -0.1) is 0 Å². The highest BCUT2D eigenvalue weighted by Gasteiger charge is 2.29. The highest BCUT2D eigenvalue weighted by atomic mass is 19.1. The van der Waals surface area contributed by atoms with Crippen molar-refractivity contribution < 1.29 is 9.13 Å². The summed E-state index contributed by atoms with van der Waals surface area (Å²) in [6, 6.07) is 8.54. The van der Waals surface area contributed by atoms with Crippen LogP contribution in [0, 0.1) is 12.7 Å². The van der Waals surface area contributed by atoms with Crippen LogP contribution >= 0.6 is 0 Å². The number of ether oxygens (including phenoxy) is 1. The predicted octanol–water partition coefficient (Wildman–Crippen LogP) is 2.76. The van der Waals surface area contributed by atoms with Crippen molar-refractivity contribution in [2.24, 2.45) is 5.73 Å². The summed E-state index contributed by atoms with van der Waals surface area (Å²) in [6.45, 7) is 3.51. The first-order valence-electron chi connectivity index (χ1n) is 6.02. The van der Waals surface area contributed by atoms with E-state index in [-0.39, 0.29) is 5.82 Å². The fourth-order valence-corrected chi connectivity index (χ4v) is 2.00. The van der Waals surface area contributed by atoms with Gasteiger partial charge in [-0.25, -0.2) is 4.39 Å². The lowest BCUT2D eigenvalue weighted by Crippen LogP contribution is -2.35. The minimum atomic E-state index is -0.916. The van der Waals surface area contributed by atoms with Crippen LogP contribution in [0.4, 0.5) is 4.39 Å². The van der Waals surface area contributed by atoms with E-state index in [1.54, 1.807) is 45.4 Å². The molecular weight excluding hydrogens is 243 g/mol. The highest BCUT2D eigenvalue weighted by Crippen LogP contribution is 2.31. The van der Waals surface area contributed by atoms with E-state index in [1.807, 2.05) is 6.07 Å². The number of halogens is 1. The third-order valence-electron chi connectivity index (χ3n) is 3.25. The predicted molar refractivity (Wildman–Crippen MR) is 72.6 cm³/mol. The minimum Gasteiger partial charge on any atom is -0.495 e. The number of methoxy groups -OCH3 is 1. The molecule has 1 atom stereocenters. The molecule has 4 heteroatoms. The quantitative estimate of drug-likeness (QED) is 0.923. The molecule has 2 aromatic rings. The van der Waals surface area contributed by atoms with Crippen LogP contribution in [0.2, 0.25) is 0 Å². The third kappa shape index (κ3) is 2.44. The Balaban J connectivity index is 2.54. The standard InChI is InChI=1S/C15H17FN2O/c1-10-6-7-11(9-12(10)16)15(2,17)14-13(19-3)5-4-8-18-14/h4-9H,17H2,1-3H3. The van der Waals surface area contributed by atoms with Gasteiger partial charge in [0.25, 0.3) is 0 Å². The van der Waals surface area contributed by atoms with Gasteiger partial charge in [0, 0.05) is 6.20 Å². The second-order valence-electron chi connectivity index (χ2n) is 4.72. The van der Waals surface area contributed by atoms with Gasteiger partial charge in [-0.2, -0.15) is 0 Å². The van der Waals surface area contributed by atoms with Crippen molar-refractivity contribution in [3.05, 3.63) is 59.2 Å². The number of nitrogens with zero attached hydrogens (tertiary/aromatic N) is 1. The lowest BCUT2D eigenvalue weighted by molar-refractivity contribution is 0.393. The lowest BCUT2D eigenvalue weighted by atomic mass is 9.88. The Morgan fingerprint density at radius 2 is 2.05 bits per heavy atom. The van der Waals surface area contributed by atoms with Gasteiger partial charge in [-0.1, -0.05) is 12.1 Å². The maximum atomic E-state index is 13.7. The summed E-state index contributed by atoms with van der Waals surface area (Å²) in [4.78, 5) is 4.28. The van der Waals surface area contributed by atoms with Crippen molar-refractivity contribution in [3.8, 4) is 5.75 Å². The first-order chi connectivity index (χ1) is 8.96. The molecule has 1 aromatic carbocycles. The summed E-state index contributed by atoms with van der Waals surface area (Å²) in [7, 11) is 1.56. The van der Waals surface area contributed by atoms with Crippen molar-refractivity contribution in [1.82, 2.24) is 4.98 Å². The maximum Gasteiger partial charge on any atom is 0.142 e. The summed E-state index contributed by atoms with van der Waals surface area (Å²) >= 11 is 0. The first-order valence-corrected chi connectivity index (χ1v) is 6.02. The Bertz CT molecular complexity index is 596. The van der Waals surface area contributed by atoms with E-state index < -0.39 is 5.54 Å². The summed E-state index contributed by atoms with van der Waals surface area (Å²) in [5, 5.41) is 0. The summed E-state index contributed by atoms with van der Waals surface area (Å²) in [6.07, 6.45) is 1.65. The molecule has 2 N–H and O–H groups in total. The Hall–Kier alpha value is -1.94. The normalized spacial score (nSPS) is 13.9. The van der Waals surface area contributed by atoms with Crippen LogP contribution in [-0.2, 0) is 5.54 Å². The van der Waals surface area contributed by atoms with E-state index in [0.29, 0.717) is 22.6 Å². The average molecular weight is 260 g/mol. The molecule has 19 heavy (non-hydrogen) atoms. The molecule has 0 radical (unpaired) electrons. The van der Waals surface area contributed by atoms with Crippen LogP contribution in [0.3, 0.4) is 0 Å². The van der Waals surface area contributed by atoms with Crippen molar-refractivity contribution in [2.75, 3.05) is 7.11 Å². The zero-order chi connectivity index (χ0) is 14.0. The molecule has 0 amide bonds. The molecule has 0 aliphatic rings. The fourth-order valence-electron chi connectivity index (χ4n) is 2.00. The molecule has 0 fully saturated rings. The number of rotatable bonds is 3. The number of benzene rings is 1. The number of nitrogens with two attached hydrogens (primary N) is 1. The summed E-state index contributed by atoms with van der Waals surface area (Å²) in [5.41, 5.74) is 7.26. The Labute approximate surface area is 112 Å². The van der Waals surface area contributed by atoms with Gasteiger partial charge < -0.3 is 10.5 Å². The molecule has 1 aromatic heterocycles. The van der Waals surface area contributed by atoms with Crippen molar-refractivity contribution in [3.63, 3.8) is 0 Å². The molecular formula is C15H17FN2O. The van der Waals surface area contributed by atoms with E-state index in [2.05, 4.69) is 4.98 Å². The summed E-state index contributed by atoms with van der Waals surface area (Å²) in [5.74, 6) is 0.317. The molecule has 3 nitrogen and oxygen atoms in total. The first kappa shape index (κ1) is 13.5. The molecule has 0 aliphatic heterocycles. The van der Waals surface area contributed by atoms with Gasteiger partial charge in [0.1, 0.15) is 17.3 Å². The number of hydrogen-bond acceptors (Lipinski definition) is 3. The van der Waals surface area contributed by atoms with Crippen LogP contribution in [0.25, 0.3) is 0 Å². The Kier molecular flexibility index (Phi) is 3.53. The molecule has 2 rings (SSSR count). The van der Waals surface area contributed by atoms with Gasteiger partial charge in [0.05, 0.1) is 12.6 Å². The minimum absolute atomic E-state index is 0.274. The van der Waals surface area contributed by atoms with E-state index in [4.69, 9.17) is 10.5 Å². The van der Waals surface area contributed by atoms with E-state index in [0.717, 1.165) is 0 Å². The molecule has 1 heterocycles. The topological polar surface area (TPSA) is 48.1 Å². The lowest BCUT2D eigenvalue weighted by Gasteiger charge is -2.26. The van der Waals surface area contributed by atoms with Crippen LogP contribution < -0.4 is 10.5 Å². The number of aromatic nitrogens is 1. The number of aryl methyl sites for hydroxylation is 1. The van der Waals surface area contributed by atoms with Gasteiger partial charge in [-0.05, 0) is 43.2 Å². The highest BCUT2D eigenvalue weighted by molar-refractivity contribution is 5.42. The smallest absolute Gasteiger partial charge is 0.142 e.